The molecule has 3 nitrogen and oxygen atoms in total. The molecule has 1 aliphatic heterocycles. The summed E-state index contributed by atoms with van der Waals surface area (Å²) in [5.41, 5.74) is 0. The smallest absolute Gasteiger partial charge is 0.224 e. The number of piperidine rings is 1. The van der Waals surface area contributed by atoms with Gasteiger partial charge in [-0.25, -0.2) is 0 Å². The molecule has 0 aliphatic carbocycles. The van der Waals surface area contributed by atoms with Gasteiger partial charge in [0.25, 0.3) is 0 Å². The zero-order chi connectivity index (χ0) is 9.84. The Labute approximate surface area is 80.3 Å². The predicted octanol–water partition coefficient (Wildman–Crippen LogP) is 0.757. The summed E-state index contributed by atoms with van der Waals surface area (Å²) in [5, 5.41) is 6.22. The van der Waals surface area contributed by atoms with Gasteiger partial charge in [0.2, 0.25) is 5.91 Å². The van der Waals surface area contributed by atoms with Gasteiger partial charge < -0.3 is 10.6 Å². The number of carbonyl (C=O) groups excluding carboxylic acids is 1. The molecule has 1 amide bonds. The molecule has 1 aliphatic rings. The molecule has 13 heavy (non-hydrogen) atoms. The van der Waals surface area contributed by atoms with Gasteiger partial charge in [-0.05, 0) is 32.7 Å². The van der Waals surface area contributed by atoms with Crippen molar-refractivity contribution in [2.75, 3.05) is 13.1 Å². The minimum Gasteiger partial charge on any atom is -0.354 e. The van der Waals surface area contributed by atoms with Gasteiger partial charge in [0.1, 0.15) is 0 Å². The first-order valence-electron chi connectivity index (χ1n) is 5.12. The van der Waals surface area contributed by atoms with Gasteiger partial charge in [0.15, 0.2) is 0 Å². The molecule has 0 saturated carbocycles. The lowest BCUT2D eigenvalue weighted by Crippen LogP contribution is -2.46. The summed E-state index contributed by atoms with van der Waals surface area (Å²) in [7, 11) is 0. The van der Waals surface area contributed by atoms with E-state index in [9.17, 15) is 4.79 Å². The molecular weight excluding hydrogens is 164 g/mol. The Morgan fingerprint density at radius 3 is 2.77 bits per heavy atom. The Morgan fingerprint density at radius 2 is 2.23 bits per heavy atom. The fourth-order valence-electron chi connectivity index (χ4n) is 1.73. The van der Waals surface area contributed by atoms with Crippen LogP contribution in [0.2, 0.25) is 0 Å². The van der Waals surface area contributed by atoms with E-state index in [1.54, 1.807) is 0 Å². The van der Waals surface area contributed by atoms with Crippen LogP contribution in [-0.2, 0) is 4.79 Å². The van der Waals surface area contributed by atoms with Crippen molar-refractivity contribution in [2.45, 2.75) is 33.2 Å². The van der Waals surface area contributed by atoms with E-state index in [-0.39, 0.29) is 17.9 Å². The van der Waals surface area contributed by atoms with Crippen LogP contribution in [0, 0.1) is 11.8 Å². The second-order valence-electron chi connectivity index (χ2n) is 4.24. The van der Waals surface area contributed by atoms with Gasteiger partial charge in [0.05, 0.1) is 5.92 Å². The van der Waals surface area contributed by atoms with Crippen LogP contribution in [0.15, 0.2) is 0 Å². The van der Waals surface area contributed by atoms with Crippen LogP contribution in [0.3, 0.4) is 0 Å². The molecule has 0 unspecified atom stereocenters. The Bertz CT molecular complexity index is 180. The first kappa shape index (κ1) is 10.5. The molecule has 2 atom stereocenters. The quantitative estimate of drug-likeness (QED) is 0.665. The van der Waals surface area contributed by atoms with Crippen LogP contribution in [0.1, 0.15) is 27.2 Å². The molecule has 0 bridgehead atoms. The van der Waals surface area contributed by atoms with E-state index in [0.717, 1.165) is 19.5 Å². The van der Waals surface area contributed by atoms with E-state index in [4.69, 9.17) is 0 Å². The molecule has 1 heterocycles. The van der Waals surface area contributed by atoms with Crippen molar-refractivity contribution in [3.63, 3.8) is 0 Å². The van der Waals surface area contributed by atoms with Crippen molar-refractivity contribution in [2.24, 2.45) is 11.8 Å². The predicted molar refractivity (Wildman–Crippen MR) is 53.4 cm³/mol. The van der Waals surface area contributed by atoms with Crippen LogP contribution in [0.4, 0.5) is 0 Å². The van der Waals surface area contributed by atoms with E-state index in [1.807, 2.05) is 13.8 Å². The summed E-state index contributed by atoms with van der Waals surface area (Å²) in [6, 6.07) is 0.252. The van der Waals surface area contributed by atoms with Gasteiger partial charge in [-0.2, -0.15) is 0 Å². The number of carbonyl (C=O) groups is 1. The molecule has 1 saturated heterocycles. The second-order valence-corrected chi connectivity index (χ2v) is 4.24. The average Bonchev–Trinajstić information content (AvgIpc) is 2.03. The number of hydrogen-bond acceptors (Lipinski definition) is 2. The van der Waals surface area contributed by atoms with Gasteiger partial charge in [0, 0.05) is 12.6 Å². The number of rotatable bonds is 2. The minimum atomic E-state index is 0.163. The lowest BCUT2D eigenvalue weighted by molar-refractivity contribution is -0.127. The zero-order valence-electron chi connectivity index (χ0n) is 8.76. The Kier molecular flexibility index (Phi) is 3.72. The summed E-state index contributed by atoms with van der Waals surface area (Å²) in [6.45, 7) is 8.04. The van der Waals surface area contributed by atoms with E-state index in [1.165, 1.54) is 0 Å². The highest BCUT2D eigenvalue weighted by atomic mass is 16.2. The topological polar surface area (TPSA) is 41.1 Å². The lowest BCUT2D eigenvalue weighted by Gasteiger charge is -2.29. The molecule has 0 radical (unpaired) electrons. The van der Waals surface area contributed by atoms with Gasteiger partial charge in [-0.15, -0.1) is 0 Å². The summed E-state index contributed by atoms with van der Waals surface area (Å²) in [5.74, 6) is 0.880. The lowest BCUT2D eigenvalue weighted by atomic mass is 9.87. The molecule has 0 aromatic rings. The van der Waals surface area contributed by atoms with Crippen LogP contribution in [0.5, 0.6) is 0 Å². The monoisotopic (exact) mass is 184 g/mol. The number of nitrogens with one attached hydrogen (secondary N) is 2. The highest BCUT2D eigenvalue weighted by Gasteiger charge is 2.27. The van der Waals surface area contributed by atoms with Crippen molar-refractivity contribution in [3.05, 3.63) is 0 Å². The summed E-state index contributed by atoms with van der Waals surface area (Å²) >= 11 is 0. The molecule has 1 rings (SSSR count). The summed E-state index contributed by atoms with van der Waals surface area (Å²) in [4.78, 5) is 11.7. The maximum atomic E-state index is 11.7. The molecule has 0 aromatic carbocycles. The Morgan fingerprint density at radius 1 is 1.54 bits per heavy atom. The fourth-order valence-corrected chi connectivity index (χ4v) is 1.73. The molecule has 76 valence electrons. The molecule has 0 spiro atoms. The SMILES string of the molecule is CC(C)NC(=O)[C@@H]1CNCC[C@@H]1C. The zero-order valence-corrected chi connectivity index (χ0v) is 8.76. The Hall–Kier alpha value is -0.570. The van der Waals surface area contributed by atoms with Gasteiger partial charge in [-0.3, -0.25) is 4.79 Å². The van der Waals surface area contributed by atoms with Crippen molar-refractivity contribution in [3.8, 4) is 0 Å². The van der Waals surface area contributed by atoms with Crippen LogP contribution >= 0.6 is 0 Å². The standard InChI is InChI=1S/C10H20N2O/c1-7(2)12-10(13)9-6-11-5-4-8(9)3/h7-9,11H,4-6H2,1-3H3,(H,12,13)/t8-,9+/m0/s1. The van der Waals surface area contributed by atoms with Gasteiger partial charge in [-0.1, -0.05) is 6.92 Å². The number of hydrogen-bond donors (Lipinski definition) is 2. The van der Waals surface area contributed by atoms with Crippen molar-refractivity contribution < 1.29 is 4.79 Å². The second kappa shape index (κ2) is 4.61. The maximum Gasteiger partial charge on any atom is 0.224 e. The van der Waals surface area contributed by atoms with E-state index < -0.39 is 0 Å². The normalized spacial score (nSPS) is 28.9. The van der Waals surface area contributed by atoms with E-state index in [0.29, 0.717) is 5.92 Å². The molecular formula is C10H20N2O. The molecule has 1 fully saturated rings. The Balaban J connectivity index is 2.44. The van der Waals surface area contributed by atoms with E-state index >= 15 is 0 Å². The molecule has 0 aromatic heterocycles. The van der Waals surface area contributed by atoms with Crippen LogP contribution in [-0.4, -0.2) is 25.0 Å². The molecule has 2 N–H and O–H groups in total. The van der Waals surface area contributed by atoms with Gasteiger partial charge >= 0.3 is 0 Å². The maximum absolute atomic E-state index is 11.7. The number of amides is 1. The van der Waals surface area contributed by atoms with Crippen LogP contribution < -0.4 is 10.6 Å². The average molecular weight is 184 g/mol. The highest BCUT2D eigenvalue weighted by molar-refractivity contribution is 5.79. The van der Waals surface area contributed by atoms with Crippen molar-refractivity contribution in [1.82, 2.24) is 10.6 Å². The van der Waals surface area contributed by atoms with Crippen molar-refractivity contribution >= 4 is 5.91 Å². The fraction of sp³-hybridized carbons (Fsp3) is 0.900. The van der Waals surface area contributed by atoms with Crippen molar-refractivity contribution in [1.29, 1.82) is 0 Å². The third-order valence-corrected chi connectivity index (χ3v) is 2.60. The third-order valence-electron chi connectivity index (χ3n) is 2.60. The highest BCUT2D eigenvalue weighted by Crippen LogP contribution is 2.18. The third kappa shape index (κ3) is 2.99. The molecule has 3 heteroatoms. The summed E-state index contributed by atoms with van der Waals surface area (Å²) in [6.07, 6.45) is 1.11. The first-order valence-corrected chi connectivity index (χ1v) is 5.12. The minimum absolute atomic E-state index is 0.163. The van der Waals surface area contributed by atoms with E-state index in [2.05, 4.69) is 17.6 Å². The summed E-state index contributed by atoms with van der Waals surface area (Å²) < 4.78 is 0. The van der Waals surface area contributed by atoms with Crippen LogP contribution in [0.25, 0.3) is 0 Å². The largest absolute Gasteiger partial charge is 0.354 e. The first-order chi connectivity index (χ1) is 6.11.